The number of carbonyl (C=O) groups is 2. The van der Waals surface area contributed by atoms with Crippen LogP contribution in [-0.4, -0.2) is 53.8 Å². The summed E-state index contributed by atoms with van der Waals surface area (Å²) in [7, 11) is 0. The van der Waals surface area contributed by atoms with E-state index in [4.69, 9.17) is 5.73 Å². The molecule has 0 radical (unpaired) electrons. The van der Waals surface area contributed by atoms with E-state index in [-0.39, 0.29) is 17.9 Å². The van der Waals surface area contributed by atoms with Crippen LogP contribution in [0.3, 0.4) is 0 Å². The maximum Gasteiger partial charge on any atom is 0.230 e. The van der Waals surface area contributed by atoms with Gasteiger partial charge in [-0.25, -0.2) is 0 Å². The fourth-order valence-corrected chi connectivity index (χ4v) is 2.37. The van der Waals surface area contributed by atoms with Crippen molar-refractivity contribution in [1.29, 1.82) is 0 Å². The van der Waals surface area contributed by atoms with Gasteiger partial charge >= 0.3 is 0 Å². The monoisotopic (exact) mass is 225 g/mol. The first-order chi connectivity index (χ1) is 7.66. The van der Waals surface area contributed by atoms with Gasteiger partial charge in [-0.2, -0.15) is 0 Å². The smallest absolute Gasteiger partial charge is 0.230 e. The van der Waals surface area contributed by atoms with Gasteiger partial charge in [0, 0.05) is 32.0 Å². The molecule has 2 aliphatic rings. The summed E-state index contributed by atoms with van der Waals surface area (Å²) in [5, 5.41) is 0. The van der Waals surface area contributed by atoms with E-state index in [1.807, 2.05) is 0 Å². The van der Waals surface area contributed by atoms with E-state index in [0.717, 1.165) is 19.6 Å². The average molecular weight is 225 g/mol. The molecule has 0 saturated carbocycles. The molecule has 2 saturated heterocycles. The predicted molar refractivity (Wildman–Crippen MR) is 59.6 cm³/mol. The molecule has 2 amide bonds. The summed E-state index contributed by atoms with van der Waals surface area (Å²) in [5.41, 5.74) is 5.65. The second-order valence-electron chi connectivity index (χ2n) is 4.66. The Morgan fingerprint density at radius 2 is 2.06 bits per heavy atom. The highest BCUT2D eigenvalue weighted by molar-refractivity contribution is 5.97. The van der Waals surface area contributed by atoms with E-state index in [1.165, 1.54) is 17.7 Å². The predicted octanol–water partition coefficient (Wildman–Crippen LogP) is -0.441. The molecule has 5 nitrogen and oxygen atoms in total. The van der Waals surface area contributed by atoms with Gasteiger partial charge in [-0.05, 0) is 25.9 Å². The lowest BCUT2D eigenvalue weighted by Gasteiger charge is -2.17. The molecular formula is C11H19N3O2. The largest absolute Gasteiger partial charge is 0.326 e. The summed E-state index contributed by atoms with van der Waals surface area (Å²) < 4.78 is 0. The molecule has 90 valence electrons. The zero-order chi connectivity index (χ0) is 11.5. The number of nitrogens with two attached hydrogens (primary N) is 1. The first-order valence-electron chi connectivity index (χ1n) is 5.98. The van der Waals surface area contributed by atoms with Gasteiger partial charge in [-0.15, -0.1) is 0 Å². The summed E-state index contributed by atoms with van der Waals surface area (Å²) in [6, 6.07) is -0.164. The van der Waals surface area contributed by atoms with Crippen molar-refractivity contribution in [1.82, 2.24) is 9.80 Å². The first kappa shape index (κ1) is 11.5. The van der Waals surface area contributed by atoms with Gasteiger partial charge in [0.25, 0.3) is 0 Å². The van der Waals surface area contributed by atoms with Crippen molar-refractivity contribution in [2.75, 3.05) is 26.2 Å². The normalized spacial score (nSPS) is 26.7. The zero-order valence-electron chi connectivity index (χ0n) is 9.52. The van der Waals surface area contributed by atoms with E-state index in [0.29, 0.717) is 19.4 Å². The highest BCUT2D eigenvalue weighted by Gasteiger charge is 2.31. The van der Waals surface area contributed by atoms with Crippen LogP contribution in [0.4, 0.5) is 0 Å². The van der Waals surface area contributed by atoms with Crippen molar-refractivity contribution < 1.29 is 9.59 Å². The van der Waals surface area contributed by atoms with Crippen LogP contribution in [0.15, 0.2) is 0 Å². The Labute approximate surface area is 95.6 Å². The number of amides is 2. The summed E-state index contributed by atoms with van der Waals surface area (Å²) >= 11 is 0. The van der Waals surface area contributed by atoms with E-state index in [9.17, 15) is 9.59 Å². The molecule has 2 fully saturated rings. The van der Waals surface area contributed by atoms with Gasteiger partial charge in [0.2, 0.25) is 11.8 Å². The van der Waals surface area contributed by atoms with Crippen molar-refractivity contribution >= 4 is 11.8 Å². The summed E-state index contributed by atoms with van der Waals surface area (Å²) in [5.74, 6) is -0.177. The van der Waals surface area contributed by atoms with E-state index in [1.54, 1.807) is 0 Å². The molecule has 0 bridgehead atoms. The Morgan fingerprint density at radius 1 is 1.38 bits per heavy atom. The molecule has 5 heteroatoms. The third-order valence-corrected chi connectivity index (χ3v) is 3.30. The standard InChI is InChI=1S/C11H19N3O2/c12-9-7-11(16)14(8-9)10(15)3-6-13-4-1-2-5-13/h9H,1-8,12H2. The Bertz CT molecular complexity index is 287. The lowest BCUT2D eigenvalue weighted by atomic mass is 10.3. The SMILES string of the molecule is NC1CC(=O)N(C(=O)CCN2CCCC2)C1. The average Bonchev–Trinajstić information content (AvgIpc) is 2.84. The maximum absolute atomic E-state index is 11.8. The second-order valence-corrected chi connectivity index (χ2v) is 4.66. The van der Waals surface area contributed by atoms with Crippen LogP contribution in [0, 0.1) is 0 Å². The van der Waals surface area contributed by atoms with Crippen molar-refractivity contribution in [3.05, 3.63) is 0 Å². The molecule has 1 atom stereocenters. The van der Waals surface area contributed by atoms with Crippen molar-refractivity contribution in [2.45, 2.75) is 31.7 Å². The summed E-state index contributed by atoms with van der Waals surface area (Å²) in [6.45, 7) is 3.34. The number of carbonyl (C=O) groups excluding carboxylic acids is 2. The molecule has 16 heavy (non-hydrogen) atoms. The summed E-state index contributed by atoms with van der Waals surface area (Å²) in [6.07, 6.45) is 3.21. The molecule has 2 heterocycles. The van der Waals surface area contributed by atoms with E-state index >= 15 is 0 Å². The Kier molecular flexibility index (Phi) is 3.56. The number of rotatable bonds is 3. The maximum atomic E-state index is 11.8. The molecule has 2 aliphatic heterocycles. The van der Waals surface area contributed by atoms with Crippen molar-refractivity contribution in [3.8, 4) is 0 Å². The Hall–Kier alpha value is -0.940. The third kappa shape index (κ3) is 2.59. The van der Waals surface area contributed by atoms with Gasteiger partial charge < -0.3 is 10.6 Å². The van der Waals surface area contributed by atoms with Crippen LogP contribution in [0.5, 0.6) is 0 Å². The first-order valence-corrected chi connectivity index (χ1v) is 5.98. The summed E-state index contributed by atoms with van der Waals surface area (Å²) in [4.78, 5) is 26.8. The lowest BCUT2D eigenvalue weighted by Crippen LogP contribution is -2.36. The Morgan fingerprint density at radius 3 is 2.62 bits per heavy atom. The van der Waals surface area contributed by atoms with Crippen LogP contribution in [0.25, 0.3) is 0 Å². The van der Waals surface area contributed by atoms with Crippen LogP contribution >= 0.6 is 0 Å². The quantitative estimate of drug-likeness (QED) is 0.707. The van der Waals surface area contributed by atoms with E-state index < -0.39 is 0 Å². The Balaban J connectivity index is 1.77. The molecule has 2 rings (SSSR count). The van der Waals surface area contributed by atoms with Gasteiger partial charge in [-0.3, -0.25) is 14.5 Å². The molecule has 0 aromatic heterocycles. The van der Waals surface area contributed by atoms with Crippen molar-refractivity contribution in [3.63, 3.8) is 0 Å². The van der Waals surface area contributed by atoms with Crippen LogP contribution in [0.2, 0.25) is 0 Å². The zero-order valence-corrected chi connectivity index (χ0v) is 9.52. The lowest BCUT2D eigenvalue weighted by molar-refractivity contribution is -0.141. The number of likely N-dealkylation sites (tertiary alicyclic amines) is 2. The fraction of sp³-hybridized carbons (Fsp3) is 0.818. The second kappa shape index (κ2) is 4.93. The van der Waals surface area contributed by atoms with Crippen molar-refractivity contribution in [2.24, 2.45) is 5.73 Å². The molecule has 0 aromatic carbocycles. The minimum Gasteiger partial charge on any atom is -0.326 e. The van der Waals surface area contributed by atoms with Crippen LogP contribution < -0.4 is 5.73 Å². The number of hydrogen-bond acceptors (Lipinski definition) is 4. The van der Waals surface area contributed by atoms with Gasteiger partial charge in [0.1, 0.15) is 0 Å². The molecule has 1 unspecified atom stereocenters. The number of hydrogen-bond donors (Lipinski definition) is 1. The van der Waals surface area contributed by atoms with Gasteiger partial charge in [0.15, 0.2) is 0 Å². The minimum atomic E-state index is -0.164. The third-order valence-electron chi connectivity index (χ3n) is 3.30. The van der Waals surface area contributed by atoms with E-state index in [2.05, 4.69) is 4.90 Å². The van der Waals surface area contributed by atoms with Crippen LogP contribution in [0.1, 0.15) is 25.7 Å². The molecule has 0 aromatic rings. The highest BCUT2D eigenvalue weighted by Crippen LogP contribution is 2.12. The molecule has 2 N–H and O–H groups in total. The number of nitrogens with zero attached hydrogens (tertiary/aromatic N) is 2. The van der Waals surface area contributed by atoms with Crippen LogP contribution in [-0.2, 0) is 9.59 Å². The number of imide groups is 1. The topological polar surface area (TPSA) is 66.6 Å². The van der Waals surface area contributed by atoms with Gasteiger partial charge in [0.05, 0.1) is 0 Å². The molecular weight excluding hydrogens is 206 g/mol. The fourth-order valence-electron chi connectivity index (χ4n) is 2.37. The molecule has 0 aliphatic carbocycles. The van der Waals surface area contributed by atoms with Gasteiger partial charge in [-0.1, -0.05) is 0 Å². The highest BCUT2D eigenvalue weighted by atomic mass is 16.2. The molecule has 0 spiro atoms. The minimum absolute atomic E-state index is 0.0650.